The summed E-state index contributed by atoms with van der Waals surface area (Å²) in [6, 6.07) is -0.0277. The second-order valence-electron chi connectivity index (χ2n) is 3.89. The number of nitrogens with zero attached hydrogens (tertiary/aromatic N) is 3. The van der Waals surface area contributed by atoms with Crippen LogP contribution in [0.5, 0.6) is 0 Å². The van der Waals surface area contributed by atoms with Crippen molar-refractivity contribution in [3.8, 4) is 0 Å². The molecule has 1 unspecified atom stereocenters. The highest BCUT2D eigenvalue weighted by Crippen LogP contribution is 2.07. The predicted octanol–water partition coefficient (Wildman–Crippen LogP) is -0.511. The van der Waals surface area contributed by atoms with Crippen LogP contribution in [0.1, 0.15) is 6.42 Å². The van der Waals surface area contributed by atoms with Crippen LogP contribution in [-0.4, -0.2) is 51.5 Å². The summed E-state index contributed by atoms with van der Waals surface area (Å²) in [7, 11) is 0. The van der Waals surface area contributed by atoms with Crippen LogP contribution in [0.2, 0.25) is 0 Å². The Kier molecular flexibility index (Phi) is 4.81. The Morgan fingerprint density at radius 3 is 3.29 bits per heavy atom. The number of carbonyl (C=O) groups excluding carboxylic acids is 1. The molecular weight excluding hydrogens is 238 g/mol. The summed E-state index contributed by atoms with van der Waals surface area (Å²) in [4.78, 5) is 11.7. The molecule has 1 aromatic rings. The molecule has 1 aliphatic rings. The normalized spacial score (nSPS) is 20.1. The van der Waals surface area contributed by atoms with E-state index in [0.29, 0.717) is 6.54 Å². The summed E-state index contributed by atoms with van der Waals surface area (Å²) < 4.78 is 1.76. The molecule has 1 fully saturated rings. The van der Waals surface area contributed by atoms with Crippen molar-refractivity contribution in [1.82, 2.24) is 25.6 Å². The zero-order chi connectivity index (χ0) is 11.9. The van der Waals surface area contributed by atoms with Gasteiger partial charge in [-0.25, -0.2) is 0 Å². The van der Waals surface area contributed by atoms with E-state index < -0.39 is 0 Å². The first-order chi connectivity index (χ1) is 8.36. The molecule has 6 nitrogen and oxygen atoms in total. The summed E-state index contributed by atoms with van der Waals surface area (Å²) in [6.07, 6.45) is 4.35. The smallest absolute Gasteiger partial charge is 0.237 e. The van der Waals surface area contributed by atoms with E-state index in [0.717, 1.165) is 31.0 Å². The van der Waals surface area contributed by atoms with E-state index in [4.69, 9.17) is 0 Å². The van der Waals surface area contributed by atoms with Crippen LogP contribution in [0.25, 0.3) is 0 Å². The number of hydrogen-bond donors (Lipinski definition) is 2. The topological polar surface area (TPSA) is 71.8 Å². The van der Waals surface area contributed by atoms with Gasteiger partial charge in [0.2, 0.25) is 5.91 Å². The summed E-state index contributed by atoms with van der Waals surface area (Å²) in [5, 5.41) is 13.7. The van der Waals surface area contributed by atoms with Gasteiger partial charge in [0, 0.05) is 37.3 Å². The molecular formula is C10H17N5OS. The second-order valence-corrected chi connectivity index (χ2v) is 5.04. The molecule has 1 atom stereocenters. The third-order valence-electron chi connectivity index (χ3n) is 2.57. The molecule has 7 heteroatoms. The zero-order valence-corrected chi connectivity index (χ0v) is 10.4. The van der Waals surface area contributed by atoms with Crippen molar-refractivity contribution < 1.29 is 4.79 Å². The minimum absolute atomic E-state index is 0.0277. The Balaban J connectivity index is 1.59. The van der Waals surface area contributed by atoms with Crippen LogP contribution in [0.3, 0.4) is 0 Å². The molecule has 17 heavy (non-hydrogen) atoms. The van der Waals surface area contributed by atoms with Crippen LogP contribution >= 0.6 is 11.8 Å². The van der Waals surface area contributed by atoms with Crippen molar-refractivity contribution in [2.45, 2.75) is 19.0 Å². The first-order valence-corrected chi connectivity index (χ1v) is 6.94. The highest BCUT2D eigenvalue weighted by molar-refractivity contribution is 7.99. The lowest BCUT2D eigenvalue weighted by Gasteiger charge is -2.22. The number of aromatic nitrogens is 3. The Labute approximate surface area is 105 Å². The summed E-state index contributed by atoms with van der Waals surface area (Å²) in [5.41, 5.74) is 0. The first kappa shape index (κ1) is 12.4. The van der Waals surface area contributed by atoms with Gasteiger partial charge in [-0.2, -0.15) is 11.8 Å². The largest absolute Gasteiger partial charge is 0.355 e. The molecule has 0 bridgehead atoms. The van der Waals surface area contributed by atoms with Crippen molar-refractivity contribution in [2.24, 2.45) is 0 Å². The lowest BCUT2D eigenvalue weighted by Crippen LogP contribution is -2.49. The lowest BCUT2D eigenvalue weighted by molar-refractivity contribution is -0.122. The molecule has 0 aliphatic carbocycles. The van der Waals surface area contributed by atoms with E-state index in [9.17, 15) is 4.79 Å². The van der Waals surface area contributed by atoms with Crippen LogP contribution in [0, 0.1) is 0 Å². The quantitative estimate of drug-likeness (QED) is 0.693. The molecule has 0 aromatic carbocycles. The molecule has 1 aliphatic heterocycles. The minimum atomic E-state index is -0.0277. The van der Waals surface area contributed by atoms with Gasteiger partial charge in [0.25, 0.3) is 0 Å². The predicted molar refractivity (Wildman–Crippen MR) is 66.8 cm³/mol. The Morgan fingerprint density at radius 1 is 1.65 bits per heavy atom. The fraction of sp³-hybridized carbons (Fsp3) is 0.700. The van der Waals surface area contributed by atoms with Crippen LogP contribution in [0.15, 0.2) is 12.4 Å². The maximum atomic E-state index is 11.7. The molecule has 2 heterocycles. The number of hydrogen-bond acceptors (Lipinski definition) is 5. The molecule has 0 saturated carbocycles. The third-order valence-corrected chi connectivity index (χ3v) is 3.64. The maximum Gasteiger partial charge on any atom is 0.237 e. The fourth-order valence-corrected chi connectivity index (χ4v) is 2.60. The van der Waals surface area contributed by atoms with Gasteiger partial charge in [-0.05, 0) is 6.42 Å². The van der Waals surface area contributed by atoms with Crippen molar-refractivity contribution in [2.75, 3.05) is 24.6 Å². The average Bonchev–Trinajstić information content (AvgIpc) is 2.88. The summed E-state index contributed by atoms with van der Waals surface area (Å²) >= 11 is 1.82. The van der Waals surface area contributed by atoms with E-state index in [1.807, 2.05) is 18.0 Å². The van der Waals surface area contributed by atoms with Crippen molar-refractivity contribution in [1.29, 1.82) is 0 Å². The van der Waals surface area contributed by atoms with E-state index >= 15 is 0 Å². The summed E-state index contributed by atoms with van der Waals surface area (Å²) in [5.74, 6) is 2.07. The molecule has 1 aromatic heterocycles. The van der Waals surface area contributed by atoms with Gasteiger partial charge in [-0.1, -0.05) is 5.21 Å². The van der Waals surface area contributed by atoms with Crippen LogP contribution < -0.4 is 10.6 Å². The number of carbonyl (C=O) groups is 1. The SMILES string of the molecule is O=C(NCCCn1ccnn1)C1CSCCN1. The van der Waals surface area contributed by atoms with E-state index in [-0.39, 0.29) is 11.9 Å². The van der Waals surface area contributed by atoms with Crippen molar-refractivity contribution in [3.63, 3.8) is 0 Å². The lowest BCUT2D eigenvalue weighted by atomic mass is 10.3. The highest BCUT2D eigenvalue weighted by atomic mass is 32.2. The van der Waals surface area contributed by atoms with E-state index in [2.05, 4.69) is 20.9 Å². The van der Waals surface area contributed by atoms with Crippen molar-refractivity contribution in [3.05, 3.63) is 12.4 Å². The Morgan fingerprint density at radius 2 is 2.59 bits per heavy atom. The molecule has 2 N–H and O–H groups in total. The van der Waals surface area contributed by atoms with Crippen LogP contribution in [-0.2, 0) is 11.3 Å². The van der Waals surface area contributed by atoms with Gasteiger partial charge in [-0.15, -0.1) is 5.10 Å². The molecule has 0 radical (unpaired) electrons. The van der Waals surface area contributed by atoms with Gasteiger partial charge in [0.15, 0.2) is 0 Å². The number of rotatable bonds is 5. The van der Waals surface area contributed by atoms with Gasteiger partial charge in [-0.3, -0.25) is 9.48 Å². The Bertz CT molecular complexity index is 336. The monoisotopic (exact) mass is 255 g/mol. The van der Waals surface area contributed by atoms with Crippen LogP contribution in [0.4, 0.5) is 0 Å². The van der Waals surface area contributed by atoms with E-state index in [1.165, 1.54) is 0 Å². The number of amides is 1. The molecule has 0 spiro atoms. The standard InChI is InChI=1S/C10H17N5OS/c16-10(9-8-17-7-4-11-9)12-2-1-5-15-6-3-13-14-15/h3,6,9,11H,1-2,4-5,7-8H2,(H,12,16). The average molecular weight is 255 g/mol. The zero-order valence-electron chi connectivity index (χ0n) is 9.63. The molecule has 1 saturated heterocycles. The van der Waals surface area contributed by atoms with Gasteiger partial charge in [0.05, 0.1) is 12.2 Å². The molecule has 2 rings (SSSR count). The number of thioether (sulfide) groups is 1. The minimum Gasteiger partial charge on any atom is -0.355 e. The molecule has 94 valence electrons. The van der Waals surface area contributed by atoms with Gasteiger partial charge in [0.1, 0.15) is 0 Å². The van der Waals surface area contributed by atoms with Crippen molar-refractivity contribution >= 4 is 17.7 Å². The van der Waals surface area contributed by atoms with Gasteiger partial charge >= 0.3 is 0 Å². The number of nitrogens with one attached hydrogen (secondary N) is 2. The second kappa shape index (κ2) is 6.61. The highest BCUT2D eigenvalue weighted by Gasteiger charge is 2.19. The summed E-state index contributed by atoms with van der Waals surface area (Å²) in [6.45, 7) is 2.39. The Hall–Kier alpha value is -1.08. The van der Waals surface area contributed by atoms with E-state index in [1.54, 1.807) is 10.9 Å². The first-order valence-electron chi connectivity index (χ1n) is 5.79. The number of aryl methyl sites for hydroxylation is 1. The third kappa shape index (κ3) is 4.01. The molecule has 1 amide bonds. The maximum absolute atomic E-state index is 11.7. The van der Waals surface area contributed by atoms with Gasteiger partial charge < -0.3 is 10.6 Å². The fourth-order valence-electron chi connectivity index (χ4n) is 1.66.